The van der Waals surface area contributed by atoms with Crippen molar-refractivity contribution in [3.05, 3.63) is 29.3 Å². The monoisotopic (exact) mass is 345 g/mol. The highest BCUT2D eigenvalue weighted by molar-refractivity contribution is 6.00. The molecule has 8 nitrogen and oxygen atoms in total. The van der Waals surface area contributed by atoms with Crippen molar-refractivity contribution in [2.24, 2.45) is 5.73 Å². The summed E-state index contributed by atoms with van der Waals surface area (Å²) in [7, 11) is 0. The zero-order chi connectivity index (χ0) is 17.2. The van der Waals surface area contributed by atoms with E-state index in [-0.39, 0.29) is 30.8 Å². The number of carbonyl (C=O) groups is 2. The topological polar surface area (TPSA) is 103 Å². The second-order valence-corrected chi connectivity index (χ2v) is 7.11. The van der Waals surface area contributed by atoms with Crippen molar-refractivity contribution in [3.63, 3.8) is 0 Å². The molecule has 2 amide bonds. The van der Waals surface area contributed by atoms with Gasteiger partial charge in [0, 0.05) is 37.1 Å². The number of nitrogens with zero attached hydrogens (tertiary/aromatic N) is 1. The molecule has 3 N–H and O–H groups in total. The fourth-order valence-electron chi connectivity index (χ4n) is 4.24. The van der Waals surface area contributed by atoms with Crippen LogP contribution >= 0.6 is 0 Å². The highest BCUT2D eigenvalue weighted by Crippen LogP contribution is 2.45. The van der Waals surface area contributed by atoms with Crippen LogP contribution in [0.25, 0.3) is 0 Å². The third-order valence-corrected chi connectivity index (χ3v) is 5.17. The summed E-state index contributed by atoms with van der Waals surface area (Å²) >= 11 is 0. The molecule has 0 aromatic heterocycles. The van der Waals surface area contributed by atoms with Gasteiger partial charge in [-0.1, -0.05) is 0 Å². The Labute approximate surface area is 144 Å². The predicted molar refractivity (Wildman–Crippen MR) is 85.2 cm³/mol. The van der Waals surface area contributed by atoms with Crippen LogP contribution in [0.1, 0.15) is 35.2 Å². The van der Waals surface area contributed by atoms with Gasteiger partial charge < -0.3 is 30.2 Å². The molecule has 3 saturated heterocycles. The first-order chi connectivity index (χ1) is 12.0. The maximum Gasteiger partial charge on any atom is 0.375 e. The van der Waals surface area contributed by atoms with Crippen LogP contribution in [-0.4, -0.2) is 47.7 Å². The van der Waals surface area contributed by atoms with Crippen LogP contribution in [0.4, 0.5) is 5.69 Å². The van der Waals surface area contributed by atoms with Crippen LogP contribution in [0, 0.1) is 0 Å². The molecule has 0 unspecified atom stereocenters. The second-order valence-electron chi connectivity index (χ2n) is 7.11. The first kappa shape index (κ1) is 15.1. The summed E-state index contributed by atoms with van der Waals surface area (Å²) < 4.78 is 17.8. The van der Waals surface area contributed by atoms with E-state index in [2.05, 4.69) is 5.32 Å². The van der Waals surface area contributed by atoms with Gasteiger partial charge in [0.15, 0.2) is 0 Å². The fraction of sp³-hybridized carbons (Fsp3) is 0.529. The number of rotatable bonds is 4. The average molecular weight is 345 g/mol. The Balaban J connectivity index is 1.37. The number of hydrogen-bond donors (Lipinski definition) is 2. The van der Waals surface area contributed by atoms with E-state index in [4.69, 9.17) is 19.9 Å². The molecule has 5 aliphatic rings. The lowest BCUT2D eigenvalue weighted by atomic mass is 9.90. The van der Waals surface area contributed by atoms with Crippen molar-refractivity contribution < 1.29 is 23.8 Å². The van der Waals surface area contributed by atoms with E-state index in [0.29, 0.717) is 12.1 Å². The Hall–Kier alpha value is -2.16. The average Bonchev–Trinajstić information content (AvgIpc) is 2.80. The molecule has 1 aromatic carbocycles. The van der Waals surface area contributed by atoms with Crippen molar-refractivity contribution >= 4 is 17.5 Å². The van der Waals surface area contributed by atoms with Crippen LogP contribution in [0.15, 0.2) is 18.2 Å². The smallest absolute Gasteiger partial charge is 0.368 e. The third-order valence-electron chi connectivity index (χ3n) is 5.17. The first-order valence-electron chi connectivity index (χ1n) is 8.52. The van der Waals surface area contributed by atoms with Gasteiger partial charge in [-0.25, -0.2) is 0 Å². The molecule has 0 spiro atoms. The Morgan fingerprint density at radius 3 is 2.44 bits per heavy atom. The quantitative estimate of drug-likeness (QED) is 0.825. The summed E-state index contributed by atoms with van der Waals surface area (Å²) in [4.78, 5) is 24.8. The SMILES string of the molecule is NC(=O)CN1Cc2cc(NC34OC5CC(CC(C5)O3)O4)ccc2C1=O. The minimum Gasteiger partial charge on any atom is -0.368 e. The number of nitrogens with one attached hydrogen (secondary N) is 1. The standard InChI is InChI=1S/C17H19N3O5/c18-15(21)8-20-7-9-3-10(1-2-14(9)16(20)22)19-17-23-11-4-12(24-17)6-13(5-11)25-17/h1-3,11-13,19H,4-8H2,(H2,18,21). The van der Waals surface area contributed by atoms with Gasteiger partial charge >= 0.3 is 6.10 Å². The normalized spacial score (nSPS) is 35.1. The molecular formula is C17H19N3O5. The molecule has 25 heavy (non-hydrogen) atoms. The summed E-state index contributed by atoms with van der Waals surface area (Å²) in [6.07, 6.45) is 1.94. The summed E-state index contributed by atoms with van der Waals surface area (Å²) in [6, 6.07) is 5.39. The first-order valence-corrected chi connectivity index (χ1v) is 8.52. The van der Waals surface area contributed by atoms with Gasteiger partial charge in [0.2, 0.25) is 5.91 Å². The molecule has 4 heterocycles. The minimum atomic E-state index is -1.24. The number of amides is 2. The Bertz CT molecular complexity index is 729. The molecule has 1 saturated carbocycles. The molecule has 0 radical (unpaired) electrons. The molecule has 0 atom stereocenters. The zero-order valence-corrected chi connectivity index (χ0v) is 13.6. The molecule has 4 fully saturated rings. The van der Waals surface area contributed by atoms with Crippen LogP contribution < -0.4 is 11.1 Å². The lowest BCUT2D eigenvalue weighted by Gasteiger charge is -2.54. The number of ether oxygens (including phenoxy) is 3. The molecule has 4 aliphatic heterocycles. The zero-order valence-electron chi connectivity index (χ0n) is 13.6. The van der Waals surface area contributed by atoms with Crippen molar-refractivity contribution in [1.29, 1.82) is 0 Å². The van der Waals surface area contributed by atoms with Crippen molar-refractivity contribution in [3.8, 4) is 0 Å². The predicted octanol–water partition coefficient (Wildman–Crippen LogP) is 0.518. The van der Waals surface area contributed by atoms with Gasteiger partial charge in [0.25, 0.3) is 5.91 Å². The van der Waals surface area contributed by atoms with Crippen LogP contribution in [-0.2, 0) is 25.5 Å². The summed E-state index contributed by atoms with van der Waals surface area (Å²) in [5, 5.41) is 3.20. The van der Waals surface area contributed by atoms with Crippen LogP contribution in [0.5, 0.6) is 0 Å². The van der Waals surface area contributed by atoms with Crippen molar-refractivity contribution in [2.75, 3.05) is 11.9 Å². The van der Waals surface area contributed by atoms with E-state index in [1.54, 1.807) is 12.1 Å². The molecule has 1 aliphatic carbocycles. The van der Waals surface area contributed by atoms with Gasteiger partial charge in [-0.15, -0.1) is 0 Å². The highest BCUT2D eigenvalue weighted by Gasteiger charge is 2.55. The maximum atomic E-state index is 12.3. The van der Waals surface area contributed by atoms with E-state index in [1.807, 2.05) is 6.07 Å². The molecule has 132 valence electrons. The van der Waals surface area contributed by atoms with E-state index in [9.17, 15) is 9.59 Å². The lowest BCUT2D eigenvalue weighted by Crippen LogP contribution is -2.65. The van der Waals surface area contributed by atoms with Crippen molar-refractivity contribution in [1.82, 2.24) is 4.90 Å². The Morgan fingerprint density at radius 2 is 1.84 bits per heavy atom. The summed E-state index contributed by atoms with van der Waals surface area (Å²) in [5.74, 6) is -0.706. The lowest BCUT2D eigenvalue weighted by molar-refractivity contribution is -0.480. The van der Waals surface area contributed by atoms with Gasteiger partial charge in [0.05, 0.1) is 24.9 Å². The molecule has 6 rings (SSSR count). The van der Waals surface area contributed by atoms with E-state index in [0.717, 1.165) is 30.5 Å². The van der Waals surface area contributed by atoms with Gasteiger partial charge in [-0.2, -0.15) is 0 Å². The highest BCUT2D eigenvalue weighted by atomic mass is 16.9. The number of primary amides is 1. The molecule has 4 bridgehead atoms. The maximum absolute atomic E-state index is 12.3. The molecular weight excluding hydrogens is 326 g/mol. The Kier molecular flexibility index (Phi) is 3.13. The minimum absolute atomic E-state index is 0.0828. The summed E-state index contributed by atoms with van der Waals surface area (Å²) in [5.41, 5.74) is 7.36. The third kappa shape index (κ3) is 2.48. The molecule has 8 heteroatoms. The number of fused-ring (bicyclic) bond motifs is 1. The number of carbonyl (C=O) groups excluding carboxylic acids is 2. The second kappa shape index (κ2) is 5.17. The number of hydrogen-bond acceptors (Lipinski definition) is 6. The summed E-state index contributed by atoms with van der Waals surface area (Å²) in [6.45, 7) is 0.274. The number of nitrogens with two attached hydrogens (primary N) is 1. The van der Waals surface area contributed by atoms with Crippen molar-refractivity contribution in [2.45, 2.75) is 50.2 Å². The van der Waals surface area contributed by atoms with E-state index >= 15 is 0 Å². The Morgan fingerprint density at radius 1 is 1.20 bits per heavy atom. The number of benzene rings is 1. The van der Waals surface area contributed by atoms with Crippen LogP contribution in [0.2, 0.25) is 0 Å². The molecule has 1 aromatic rings. The largest absolute Gasteiger partial charge is 0.375 e. The fourth-order valence-corrected chi connectivity index (χ4v) is 4.24. The van der Waals surface area contributed by atoms with E-state index in [1.165, 1.54) is 4.90 Å². The van der Waals surface area contributed by atoms with Crippen LogP contribution in [0.3, 0.4) is 0 Å². The van der Waals surface area contributed by atoms with Gasteiger partial charge in [-0.3, -0.25) is 9.59 Å². The van der Waals surface area contributed by atoms with Gasteiger partial charge in [-0.05, 0) is 23.8 Å². The van der Waals surface area contributed by atoms with E-state index < -0.39 is 12.0 Å². The van der Waals surface area contributed by atoms with Gasteiger partial charge in [0.1, 0.15) is 0 Å². The number of anilines is 1.